The van der Waals surface area contributed by atoms with Crippen molar-refractivity contribution in [2.45, 2.75) is 33.6 Å². The molecule has 0 atom stereocenters. The first kappa shape index (κ1) is 13.7. The van der Waals surface area contributed by atoms with Crippen LogP contribution in [-0.2, 0) is 23.1 Å². The van der Waals surface area contributed by atoms with Gasteiger partial charge in [-0.15, -0.1) is 4.40 Å². The Bertz CT molecular complexity index is 639. The number of rotatable bonds is 3. The molecular formula is C11H17N5O2S. The summed E-state index contributed by atoms with van der Waals surface area (Å²) < 4.78 is 28.5. The van der Waals surface area contributed by atoms with Crippen molar-refractivity contribution in [1.29, 1.82) is 0 Å². The van der Waals surface area contributed by atoms with Gasteiger partial charge in [-0.05, 0) is 19.8 Å². The molecule has 19 heavy (non-hydrogen) atoms. The molecule has 8 heteroatoms. The summed E-state index contributed by atoms with van der Waals surface area (Å²) in [6, 6.07) is 0. The van der Waals surface area contributed by atoms with Gasteiger partial charge in [-0.3, -0.25) is 0 Å². The molecule has 0 unspecified atom stereocenters. The SMILES string of the molecule is CCc1nc2c(nc1CC)N(CC)S(=O)(=O)N=C2N. The van der Waals surface area contributed by atoms with Crippen LogP contribution in [-0.4, -0.2) is 30.8 Å². The number of aryl methyl sites for hydroxylation is 2. The molecule has 1 aromatic rings. The molecule has 0 fully saturated rings. The van der Waals surface area contributed by atoms with E-state index in [0.29, 0.717) is 12.1 Å². The van der Waals surface area contributed by atoms with Gasteiger partial charge in [-0.2, -0.15) is 8.42 Å². The van der Waals surface area contributed by atoms with Crippen LogP contribution in [0.15, 0.2) is 4.40 Å². The van der Waals surface area contributed by atoms with Crippen molar-refractivity contribution in [3.63, 3.8) is 0 Å². The second kappa shape index (κ2) is 4.76. The van der Waals surface area contributed by atoms with Gasteiger partial charge in [0, 0.05) is 6.54 Å². The van der Waals surface area contributed by atoms with Gasteiger partial charge in [0.2, 0.25) is 0 Å². The Morgan fingerprint density at radius 1 is 1.11 bits per heavy atom. The van der Waals surface area contributed by atoms with Gasteiger partial charge < -0.3 is 5.73 Å². The van der Waals surface area contributed by atoms with E-state index in [1.54, 1.807) is 6.92 Å². The van der Waals surface area contributed by atoms with Crippen LogP contribution in [0.4, 0.5) is 5.82 Å². The van der Waals surface area contributed by atoms with Crippen molar-refractivity contribution < 1.29 is 8.42 Å². The van der Waals surface area contributed by atoms with Gasteiger partial charge in [0.05, 0.1) is 11.4 Å². The van der Waals surface area contributed by atoms with Gasteiger partial charge in [-0.25, -0.2) is 14.3 Å². The van der Waals surface area contributed by atoms with E-state index in [4.69, 9.17) is 5.73 Å². The van der Waals surface area contributed by atoms with Crippen molar-refractivity contribution >= 4 is 21.9 Å². The number of nitrogens with zero attached hydrogens (tertiary/aromatic N) is 4. The van der Waals surface area contributed by atoms with Crippen molar-refractivity contribution in [3.05, 3.63) is 17.1 Å². The summed E-state index contributed by atoms with van der Waals surface area (Å²) in [4.78, 5) is 8.85. The average molecular weight is 283 g/mol. The molecule has 0 radical (unpaired) electrons. The van der Waals surface area contributed by atoms with Gasteiger partial charge in [0.25, 0.3) is 0 Å². The minimum absolute atomic E-state index is 0.0930. The molecule has 2 N–H and O–H groups in total. The molecule has 0 bridgehead atoms. The second-order valence-electron chi connectivity index (χ2n) is 4.12. The summed E-state index contributed by atoms with van der Waals surface area (Å²) in [5, 5.41) is 0. The molecule has 0 amide bonds. The van der Waals surface area contributed by atoms with Gasteiger partial charge in [0.15, 0.2) is 11.7 Å². The third kappa shape index (κ3) is 2.16. The lowest BCUT2D eigenvalue weighted by Gasteiger charge is -2.25. The molecule has 0 saturated heterocycles. The van der Waals surface area contributed by atoms with Crippen LogP contribution >= 0.6 is 0 Å². The van der Waals surface area contributed by atoms with E-state index < -0.39 is 10.2 Å². The highest BCUT2D eigenvalue weighted by Gasteiger charge is 2.32. The lowest BCUT2D eigenvalue weighted by molar-refractivity contribution is 0.592. The zero-order chi connectivity index (χ0) is 14.2. The summed E-state index contributed by atoms with van der Waals surface area (Å²) >= 11 is 0. The molecule has 0 aromatic carbocycles. The predicted octanol–water partition coefficient (Wildman–Crippen LogP) is 0.391. The second-order valence-corrected chi connectivity index (χ2v) is 5.63. The Balaban J connectivity index is 2.74. The summed E-state index contributed by atoms with van der Waals surface area (Å²) in [5.74, 6) is 0.189. The molecule has 2 rings (SSSR count). The first-order chi connectivity index (χ1) is 8.94. The third-order valence-electron chi connectivity index (χ3n) is 2.96. The number of amidine groups is 1. The monoisotopic (exact) mass is 283 g/mol. The number of fused-ring (bicyclic) bond motifs is 1. The highest BCUT2D eigenvalue weighted by molar-refractivity contribution is 7.91. The van der Waals surface area contributed by atoms with Gasteiger partial charge in [0.1, 0.15) is 5.69 Å². The fourth-order valence-corrected chi connectivity index (χ4v) is 3.15. The summed E-state index contributed by atoms with van der Waals surface area (Å²) in [7, 11) is -3.79. The zero-order valence-electron chi connectivity index (χ0n) is 11.2. The van der Waals surface area contributed by atoms with Crippen LogP contribution in [0.25, 0.3) is 0 Å². The van der Waals surface area contributed by atoms with E-state index >= 15 is 0 Å². The van der Waals surface area contributed by atoms with E-state index in [-0.39, 0.29) is 18.2 Å². The summed E-state index contributed by atoms with van der Waals surface area (Å²) in [6.45, 7) is 5.90. The highest BCUT2D eigenvalue weighted by atomic mass is 32.2. The molecular weight excluding hydrogens is 266 g/mol. The van der Waals surface area contributed by atoms with Crippen molar-refractivity contribution in [1.82, 2.24) is 9.97 Å². The summed E-state index contributed by atoms with van der Waals surface area (Å²) in [6.07, 6.45) is 1.41. The largest absolute Gasteiger partial charge is 0.381 e. The van der Waals surface area contributed by atoms with Crippen molar-refractivity contribution in [2.24, 2.45) is 10.1 Å². The van der Waals surface area contributed by atoms with Crippen LogP contribution in [0.5, 0.6) is 0 Å². The van der Waals surface area contributed by atoms with Crippen LogP contribution < -0.4 is 10.0 Å². The quantitative estimate of drug-likeness (QED) is 0.864. The number of hydrogen-bond donors (Lipinski definition) is 1. The average Bonchev–Trinajstić information content (AvgIpc) is 2.36. The maximum atomic E-state index is 11.9. The van der Waals surface area contributed by atoms with E-state index in [9.17, 15) is 8.42 Å². The van der Waals surface area contributed by atoms with E-state index in [1.165, 1.54) is 0 Å². The maximum Gasteiger partial charge on any atom is 0.347 e. The standard InChI is InChI=1S/C11H17N5O2S/c1-4-7-8(5-2)14-11-9(13-7)10(12)15-19(17,18)16(11)6-3/h4-6H2,1-3H3,(H2,12,15). The van der Waals surface area contributed by atoms with Crippen LogP contribution in [0.1, 0.15) is 37.9 Å². The minimum Gasteiger partial charge on any atom is -0.381 e. The number of aromatic nitrogens is 2. The van der Waals surface area contributed by atoms with E-state index in [2.05, 4.69) is 14.4 Å². The highest BCUT2D eigenvalue weighted by Crippen LogP contribution is 2.26. The Morgan fingerprint density at radius 2 is 1.68 bits per heavy atom. The Labute approximate surface area is 112 Å². The fraction of sp³-hybridized carbons (Fsp3) is 0.545. The normalized spacial score (nSPS) is 17.0. The first-order valence-electron chi connectivity index (χ1n) is 6.22. The smallest absolute Gasteiger partial charge is 0.347 e. The topological polar surface area (TPSA) is 102 Å². The molecule has 1 aliphatic heterocycles. The molecule has 0 spiro atoms. The number of nitrogens with two attached hydrogens (primary N) is 1. The lowest BCUT2D eigenvalue weighted by atomic mass is 10.2. The Morgan fingerprint density at radius 3 is 2.21 bits per heavy atom. The number of hydrogen-bond acceptors (Lipinski definition) is 5. The molecule has 7 nitrogen and oxygen atoms in total. The Kier molecular flexibility index (Phi) is 3.44. The molecule has 2 heterocycles. The zero-order valence-corrected chi connectivity index (χ0v) is 12.0. The van der Waals surface area contributed by atoms with Crippen molar-refractivity contribution in [2.75, 3.05) is 10.8 Å². The van der Waals surface area contributed by atoms with Crippen LogP contribution in [0.2, 0.25) is 0 Å². The van der Waals surface area contributed by atoms with Crippen LogP contribution in [0, 0.1) is 0 Å². The van der Waals surface area contributed by atoms with E-state index in [1.807, 2.05) is 13.8 Å². The van der Waals surface area contributed by atoms with Crippen molar-refractivity contribution in [3.8, 4) is 0 Å². The maximum absolute atomic E-state index is 11.9. The Hall–Kier alpha value is -1.70. The minimum atomic E-state index is -3.79. The van der Waals surface area contributed by atoms with Gasteiger partial charge >= 0.3 is 10.2 Å². The molecule has 1 aliphatic rings. The summed E-state index contributed by atoms with van der Waals surface area (Å²) in [5.41, 5.74) is 7.67. The molecule has 0 aliphatic carbocycles. The third-order valence-corrected chi connectivity index (χ3v) is 4.38. The first-order valence-corrected chi connectivity index (χ1v) is 7.62. The lowest BCUT2D eigenvalue weighted by Crippen LogP contribution is -2.38. The molecule has 1 aromatic heterocycles. The molecule has 0 saturated carbocycles. The van der Waals surface area contributed by atoms with E-state index in [0.717, 1.165) is 22.1 Å². The predicted molar refractivity (Wildman–Crippen MR) is 73.5 cm³/mol. The fourth-order valence-electron chi connectivity index (χ4n) is 2.05. The van der Waals surface area contributed by atoms with Crippen LogP contribution in [0.3, 0.4) is 0 Å². The number of anilines is 1. The van der Waals surface area contributed by atoms with Gasteiger partial charge in [-0.1, -0.05) is 13.8 Å². The molecule has 104 valence electrons.